The summed E-state index contributed by atoms with van der Waals surface area (Å²) in [6.45, 7) is 5.17. The lowest BCUT2D eigenvalue weighted by Gasteiger charge is -2.10. The number of carbonyl (C=O) groups excluding carboxylic acids is 2. The summed E-state index contributed by atoms with van der Waals surface area (Å²) in [6.07, 6.45) is 1.38. The lowest BCUT2D eigenvalue weighted by Crippen LogP contribution is -2.28. The molecule has 0 radical (unpaired) electrons. The second-order valence-corrected chi connectivity index (χ2v) is 5.74. The Hall–Kier alpha value is -2.96. The smallest absolute Gasteiger partial charge is 0.254 e. The minimum absolute atomic E-state index is 0.130. The van der Waals surface area contributed by atoms with Crippen LogP contribution < -0.4 is 16.2 Å². The predicted molar refractivity (Wildman–Crippen MR) is 92.0 cm³/mol. The van der Waals surface area contributed by atoms with Gasteiger partial charge in [-0.05, 0) is 24.1 Å². The first kappa shape index (κ1) is 17.4. The van der Waals surface area contributed by atoms with E-state index in [-0.39, 0.29) is 29.8 Å². The van der Waals surface area contributed by atoms with Crippen molar-refractivity contribution in [2.45, 2.75) is 33.2 Å². The second-order valence-electron chi connectivity index (χ2n) is 5.74. The van der Waals surface area contributed by atoms with Gasteiger partial charge < -0.3 is 10.6 Å². The van der Waals surface area contributed by atoms with Crippen molar-refractivity contribution in [3.05, 3.63) is 52.7 Å². The van der Waals surface area contributed by atoms with Gasteiger partial charge in [-0.15, -0.1) is 0 Å². The summed E-state index contributed by atoms with van der Waals surface area (Å²) >= 11 is 0. The van der Waals surface area contributed by atoms with E-state index < -0.39 is 0 Å². The molecule has 0 spiro atoms. The van der Waals surface area contributed by atoms with Crippen molar-refractivity contribution in [1.29, 1.82) is 0 Å². The van der Waals surface area contributed by atoms with Gasteiger partial charge in [0.2, 0.25) is 11.8 Å². The Balaban J connectivity index is 2.06. The Morgan fingerprint density at radius 3 is 2.42 bits per heavy atom. The Kier molecular flexibility index (Phi) is 5.47. The molecule has 0 aliphatic carbocycles. The third-order valence-corrected chi connectivity index (χ3v) is 3.27. The molecule has 2 aromatic rings. The molecule has 2 N–H and O–H groups in total. The van der Waals surface area contributed by atoms with Crippen LogP contribution in [0.5, 0.6) is 0 Å². The SMILES string of the molecule is CC(=O)Nc1cccc(NC(=O)Cn2cnc(C(C)C)cc2=O)c1. The zero-order valence-electron chi connectivity index (χ0n) is 13.9. The summed E-state index contributed by atoms with van der Waals surface area (Å²) in [7, 11) is 0. The van der Waals surface area contributed by atoms with Crippen LogP contribution in [-0.2, 0) is 16.1 Å². The van der Waals surface area contributed by atoms with Gasteiger partial charge in [-0.1, -0.05) is 19.9 Å². The number of nitrogens with zero attached hydrogens (tertiary/aromatic N) is 2. The van der Waals surface area contributed by atoms with E-state index in [4.69, 9.17) is 0 Å². The molecule has 7 nitrogen and oxygen atoms in total. The maximum Gasteiger partial charge on any atom is 0.254 e. The maximum absolute atomic E-state index is 12.1. The molecule has 0 atom stereocenters. The quantitative estimate of drug-likeness (QED) is 0.877. The fraction of sp³-hybridized carbons (Fsp3) is 0.294. The first-order valence-electron chi connectivity index (χ1n) is 7.59. The molecule has 24 heavy (non-hydrogen) atoms. The number of hydrogen-bond acceptors (Lipinski definition) is 4. The summed E-state index contributed by atoms with van der Waals surface area (Å²) in [5, 5.41) is 5.33. The van der Waals surface area contributed by atoms with E-state index in [0.29, 0.717) is 17.1 Å². The lowest BCUT2D eigenvalue weighted by atomic mass is 10.1. The molecule has 1 aromatic heterocycles. The molecular weight excluding hydrogens is 308 g/mol. The van der Waals surface area contributed by atoms with Crippen LogP contribution >= 0.6 is 0 Å². The number of rotatable bonds is 5. The number of hydrogen-bond donors (Lipinski definition) is 2. The van der Waals surface area contributed by atoms with Gasteiger partial charge in [-0.3, -0.25) is 19.0 Å². The molecule has 1 heterocycles. The normalized spacial score (nSPS) is 10.5. The summed E-state index contributed by atoms with van der Waals surface area (Å²) in [5.74, 6) is -0.393. The van der Waals surface area contributed by atoms with Crippen molar-refractivity contribution >= 4 is 23.2 Å². The largest absolute Gasteiger partial charge is 0.326 e. The topological polar surface area (TPSA) is 93.1 Å². The Morgan fingerprint density at radius 1 is 1.17 bits per heavy atom. The Bertz CT molecular complexity index is 811. The standard InChI is InChI=1S/C17H20N4O3/c1-11(2)15-8-17(24)21(10-18-15)9-16(23)20-14-6-4-5-13(7-14)19-12(3)22/h4-8,10-11H,9H2,1-3H3,(H,19,22)(H,20,23). The van der Waals surface area contributed by atoms with E-state index in [1.807, 2.05) is 13.8 Å². The lowest BCUT2D eigenvalue weighted by molar-refractivity contribution is -0.117. The molecule has 0 aliphatic heterocycles. The monoisotopic (exact) mass is 328 g/mol. The highest BCUT2D eigenvalue weighted by Gasteiger charge is 2.08. The van der Waals surface area contributed by atoms with E-state index in [0.717, 1.165) is 0 Å². The van der Waals surface area contributed by atoms with Gasteiger partial charge in [-0.2, -0.15) is 0 Å². The van der Waals surface area contributed by atoms with E-state index in [9.17, 15) is 14.4 Å². The molecule has 0 unspecified atom stereocenters. The average Bonchev–Trinajstić information content (AvgIpc) is 2.48. The van der Waals surface area contributed by atoms with Gasteiger partial charge >= 0.3 is 0 Å². The van der Waals surface area contributed by atoms with Crippen LogP contribution in [0.25, 0.3) is 0 Å². The van der Waals surface area contributed by atoms with E-state index in [1.54, 1.807) is 24.3 Å². The van der Waals surface area contributed by atoms with Crippen molar-refractivity contribution < 1.29 is 9.59 Å². The van der Waals surface area contributed by atoms with Crippen LogP contribution in [0, 0.1) is 0 Å². The van der Waals surface area contributed by atoms with E-state index in [1.165, 1.54) is 23.9 Å². The molecule has 1 aromatic carbocycles. The maximum atomic E-state index is 12.1. The third kappa shape index (κ3) is 4.77. The number of anilines is 2. The number of carbonyl (C=O) groups is 2. The zero-order valence-corrected chi connectivity index (χ0v) is 13.9. The van der Waals surface area contributed by atoms with Gasteiger partial charge in [0.25, 0.3) is 5.56 Å². The molecular formula is C17H20N4O3. The van der Waals surface area contributed by atoms with Crippen LogP contribution in [0.3, 0.4) is 0 Å². The van der Waals surface area contributed by atoms with Gasteiger partial charge in [0.1, 0.15) is 6.54 Å². The molecule has 126 valence electrons. The summed E-state index contributed by atoms with van der Waals surface area (Å²) in [5.41, 5.74) is 1.54. The molecule has 2 rings (SSSR count). The predicted octanol–water partition coefficient (Wildman–Crippen LogP) is 1.96. The van der Waals surface area contributed by atoms with Crippen LogP contribution in [0.1, 0.15) is 32.4 Å². The summed E-state index contributed by atoms with van der Waals surface area (Å²) in [4.78, 5) is 39.3. The second kappa shape index (κ2) is 7.54. The summed E-state index contributed by atoms with van der Waals surface area (Å²) < 4.78 is 1.25. The molecule has 7 heteroatoms. The summed E-state index contributed by atoms with van der Waals surface area (Å²) in [6, 6.07) is 8.21. The number of benzene rings is 1. The fourth-order valence-electron chi connectivity index (χ4n) is 2.11. The molecule has 2 amide bonds. The molecule has 0 aliphatic rings. The van der Waals surface area contributed by atoms with Crippen molar-refractivity contribution in [2.24, 2.45) is 0 Å². The van der Waals surface area contributed by atoms with Crippen molar-refractivity contribution in [1.82, 2.24) is 9.55 Å². The minimum Gasteiger partial charge on any atom is -0.326 e. The Labute approximate surface area is 139 Å². The average molecular weight is 328 g/mol. The van der Waals surface area contributed by atoms with Crippen LogP contribution in [0.2, 0.25) is 0 Å². The van der Waals surface area contributed by atoms with Gasteiger partial charge in [0.05, 0.1) is 12.0 Å². The molecule has 0 saturated carbocycles. The molecule has 0 fully saturated rings. The first-order chi connectivity index (χ1) is 11.3. The Morgan fingerprint density at radius 2 is 1.83 bits per heavy atom. The fourth-order valence-corrected chi connectivity index (χ4v) is 2.11. The highest BCUT2D eigenvalue weighted by molar-refractivity contribution is 5.93. The van der Waals surface area contributed by atoms with Crippen molar-refractivity contribution in [2.75, 3.05) is 10.6 Å². The van der Waals surface area contributed by atoms with Gasteiger partial charge in [0.15, 0.2) is 0 Å². The third-order valence-electron chi connectivity index (χ3n) is 3.27. The van der Waals surface area contributed by atoms with Crippen LogP contribution in [0.15, 0.2) is 41.5 Å². The van der Waals surface area contributed by atoms with Crippen molar-refractivity contribution in [3.8, 4) is 0 Å². The zero-order chi connectivity index (χ0) is 17.7. The molecule has 0 saturated heterocycles. The highest BCUT2D eigenvalue weighted by Crippen LogP contribution is 2.15. The number of aromatic nitrogens is 2. The van der Waals surface area contributed by atoms with Gasteiger partial charge in [-0.25, -0.2) is 4.98 Å². The van der Waals surface area contributed by atoms with E-state index >= 15 is 0 Å². The highest BCUT2D eigenvalue weighted by atomic mass is 16.2. The van der Waals surface area contributed by atoms with E-state index in [2.05, 4.69) is 15.6 Å². The first-order valence-corrected chi connectivity index (χ1v) is 7.59. The van der Waals surface area contributed by atoms with Crippen LogP contribution in [0.4, 0.5) is 11.4 Å². The minimum atomic E-state index is -0.351. The molecule has 0 bridgehead atoms. The van der Waals surface area contributed by atoms with Crippen molar-refractivity contribution in [3.63, 3.8) is 0 Å². The van der Waals surface area contributed by atoms with Gasteiger partial charge in [0, 0.05) is 24.4 Å². The van der Waals surface area contributed by atoms with Crippen LogP contribution in [-0.4, -0.2) is 21.4 Å². The number of amides is 2. The number of nitrogens with one attached hydrogen (secondary N) is 2.